The van der Waals surface area contributed by atoms with Gasteiger partial charge in [-0.3, -0.25) is 9.78 Å². The number of para-hydroxylation sites is 1. The molecule has 5 nitrogen and oxygen atoms in total. The van der Waals surface area contributed by atoms with E-state index in [1.165, 1.54) is 0 Å². The highest BCUT2D eigenvalue weighted by Gasteiger charge is 2.10. The number of methoxy groups -OCH3 is 1. The third-order valence-electron chi connectivity index (χ3n) is 3.86. The van der Waals surface area contributed by atoms with Gasteiger partial charge in [0.15, 0.2) is 0 Å². The Labute approximate surface area is 146 Å². The molecule has 3 aromatic rings. The maximum absolute atomic E-state index is 12.5. The normalized spacial score (nSPS) is 10.2. The second-order valence-corrected chi connectivity index (χ2v) is 5.51. The summed E-state index contributed by atoms with van der Waals surface area (Å²) in [7, 11) is 3.55. The maximum atomic E-state index is 12.5. The molecule has 0 aliphatic rings. The van der Waals surface area contributed by atoms with Gasteiger partial charge in [0, 0.05) is 24.6 Å². The van der Waals surface area contributed by atoms with Gasteiger partial charge >= 0.3 is 0 Å². The zero-order valence-corrected chi connectivity index (χ0v) is 14.1. The molecule has 1 N–H and O–H groups in total. The third-order valence-corrected chi connectivity index (χ3v) is 3.86. The van der Waals surface area contributed by atoms with Crippen molar-refractivity contribution in [1.29, 1.82) is 0 Å². The average molecular weight is 333 g/mol. The van der Waals surface area contributed by atoms with Gasteiger partial charge in [0.1, 0.15) is 5.75 Å². The second-order valence-electron chi connectivity index (χ2n) is 5.51. The van der Waals surface area contributed by atoms with Crippen molar-refractivity contribution < 1.29 is 9.53 Å². The van der Waals surface area contributed by atoms with E-state index >= 15 is 0 Å². The van der Waals surface area contributed by atoms with Crippen LogP contribution in [-0.4, -0.2) is 25.0 Å². The Hall–Kier alpha value is -3.34. The Morgan fingerprint density at radius 3 is 2.40 bits per heavy atom. The van der Waals surface area contributed by atoms with Crippen molar-refractivity contribution in [3.8, 4) is 5.75 Å². The van der Waals surface area contributed by atoms with E-state index in [0.717, 1.165) is 17.1 Å². The second kappa shape index (κ2) is 7.49. The minimum Gasteiger partial charge on any atom is -0.497 e. The van der Waals surface area contributed by atoms with Gasteiger partial charge < -0.3 is 15.0 Å². The minimum absolute atomic E-state index is 0.207. The smallest absolute Gasteiger partial charge is 0.257 e. The Balaban J connectivity index is 1.77. The number of anilines is 3. The molecule has 0 saturated heterocycles. The number of ether oxygens (including phenoxy) is 1. The number of nitrogens with one attached hydrogen (secondary N) is 1. The van der Waals surface area contributed by atoms with E-state index in [-0.39, 0.29) is 5.91 Å². The molecule has 1 aromatic heterocycles. The Morgan fingerprint density at radius 2 is 1.72 bits per heavy atom. The molecule has 0 bridgehead atoms. The van der Waals surface area contributed by atoms with Crippen LogP contribution in [-0.2, 0) is 0 Å². The lowest BCUT2D eigenvalue weighted by Gasteiger charge is -2.19. The summed E-state index contributed by atoms with van der Waals surface area (Å²) in [5.74, 6) is 0.534. The summed E-state index contributed by atoms with van der Waals surface area (Å²) in [6, 6.07) is 18.9. The predicted octanol–water partition coefficient (Wildman–Crippen LogP) is 4.11. The topological polar surface area (TPSA) is 54.5 Å². The fourth-order valence-corrected chi connectivity index (χ4v) is 2.41. The van der Waals surface area contributed by atoms with Crippen LogP contribution in [0.2, 0.25) is 0 Å². The molecule has 0 atom stereocenters. The van der Waals surface area contributed by atoms with Crippen LogP contribution in [0.1, 0.15) is 10.4 Å². The molecular weight excluding hydrogens is 314 g/mol. The molecule has 0 fully saturated rings. The van der Waals surface area contributed by atoms with E-state index in [1.54, 1.807) is 43.8 Å². The zero-order chi connectivity index (χ0) is 17.6. The van der Waals surface area contributed by atoms with Crippen LogP contribution in [0.5, 0.6) is 5.75 Å². The monoisotopic (exact) mass is 333 g/mol. The number of nitrogens with zero attached hydrogens (tertiary/aromatic N) is 2. The molecule has 126 valence electrons. The molecule has 0 aliphatic heterocycles. The van der Waals surface area contributed by atoms with Crippen molar-refractivity contribution >= 4 is 23.0 Å². The zero-order valence-electron chi connectivity index (χ0n) is 14.1. The molecule has 1 amide bonds. The predicted molar refractivity (Wildman–Crippen MR) is 99.7 cm³/mol. The highest BCUT2D eigenvalue weighted by atomic mass is 16.5. The summed E-state index contributed by atoms with van der Waals surface area (Å²) < 4.78 is 5.11. The van der Waals surface area contributed by atoms with Gasteiger partial charge in [0.25, 0.3) is 5.91 Å². The first-order chi connectivity index (χ1) is 12.2. The largest absolute Gasteiger partial charge is 0.497 e. The fraction of sp³-hybridized carbons (Fsp3) is 0.100. The molecule has 25 heavy (non-hydrogen) atoms. The van der Waals surface area contributed by atoms with Crippen molar-refractivity contribution in [2.75, 3.05) is 24.4 Å². The lowest BCUT2D eigenvalue weighted by molar-refractivity contribution is 0.102. The number of amides is 1. The van der Waals surface area contributed by atoms with Crippen LogP contribution in [0.15, 0.2) is 73.1 Å². The van der Waals surface area contributed by atoms with Crippen LogP contribution in [0.4, 0.5) is 17.1 Å². The fourth-order valence-electron chi connectivity index (χ4n) is 2.41. The molecule has 2 aromatic carbocycles. The summed E-state index contributed by atoms with van der Waals surface area (Å²) >= 11 is 0. The van der Waals surface area contributed by atoms with E-state index in [4.69, 9.17) is 4.74 Å². The number of carbonyl (C=O) groups is 1. The minimum atomic E-state index is -0.207. The van der Waals surface area contributed by atoms with E-state index < -0.39 is 0 Å². The molecule has 3 rings (SSSR count). The molecule has 0 spiro atoms. The summed E-state index contributed by atoms with van der Waals surface area (Å²) in [6.45, 7) is 0. The van der Waals surface area contributed by atoms with Gasteiger partial charge in [-0.2, -0.15) is 0 Å². The number of hydrogen-bond donors (Lipinski definition) is 1. The SMILES string of the molecule is COc1ccc(NC(=O)c2cncc(N(C)c3ccccc3)c2)cc1. The van der Waals surface area contributed by atoms with Crippen LogP contribution in [0.25, 0.3) is 0 Å². The Morgan fingerprint density at radius 1 is 1.00 bits per heavy atom. The molecule has 5 heteroatoms. The first-order valence-corrected chi connectivity index (χ1v) is 7.86. The Bertz CT molecular complexity index is 848. The first-order valence-electron chi connectivity index (χ1n) is 7.86. The van der Waals surface area contributed by atoms with E-state index in [0.29, 0.717) is 11.3 Å². The van der Waals surface area contributed by atoms with Crippen LogP contribution >= 0.6 is 0 Å². The number of benzene rings is 2. The summed E-state index contributed by atoms with van der Waals surface area (Å²) in [5, 5.41) is 2.86. The maximum Gasteiger partial charge on any atom is 0.257 e. The molecular formula is C20H19N3O2. The van der Waals surface area contributed by atoms with Crippen molar-refractivity contribution in [2.45, 2.75) is 0 Å². The summed E-state index contributed by atoms with van der Waals surface area (Å²) in [4.78, 5) is 18.7. The van der Waals surface area contributed by atoms with Crippen LogP contribution in [0, 0.1) is 0 Å². The molecule has 0 aliphatic carbocycles. The average Bonchev–Trinajstić information content (AvgIpc) is 2.68. The third kappa shape index (κ3) is 3.95. The van der Waals surface area contributed by atoms with Gasteiger partial charge in [-0.25, -0.2) is 0 Å². The van der Waals surface area contributed by atoms with Crippen molar-refractivity contribution in [3.63, 3.8) is 0 Å². The van der Waals surface area contributed by atoms with Gasteiger partial charge in [-0.05, 0) is 42.5 Å². The van der Waals surface area contributed by atoms with Crippen LogP contribution < -0.4 is 15.0 Å². The standard InChI is InChI=1S/C20H19N3O2/c1-23(17-6-4-3-5-7-17)18-12-15(13-21-14-18)20(24)22-16-8-10-19(25-2)11-9-16/h3-14H,1-2H3,(H,22,24). The van der Waals surface area contributed by atoms with Crippen LogP contribution in [0.3, 0.4) is 0 Å². The summed E-state index contributed by atoms with van der Waals surface area (Å²) in [5.41, 5.74) is 3.06. The van der Waals surface area contributed by atoms with Gasteiger partial charge in [0.05, 0.1) is 24.6 Å². The number of hydrogen-bond acceptors (Lipinski definition) is 4. The molecule has 0 unspecified atom stereocenters. The van der Waals surface area contributed by atoms with Crippen molar-refractivity contribution in [2.24, 2.45) is 0 Å². The molecule has 1 heterocycles. The van der Waals surface area contributed by atoms with E-state index in [2.05, 4.69) is 10.3 Å². The lowest BCUT2D eigenvalue weighted by atomic mass is 10.2. The van der Waals surface area contributed by atoms with E-state index in [1.807, 2.05) is 48.3 Å². The molecule has 0 saturated carbocycles. The van der Waals surface area contributed by atoms with E-state index in [9.17, 15) is 4.79 Å². The number of pyridine rings is 1. The van der Waals surface area contributed by atoms with Gasteiger partial charge in [-0.15, -0.1) is 0 Å². The van der Waals surface area contributed by atoms with Crippen molar-refractivity contribution in [3.05, 3.63) is 78.6 Å². The Kier molecular flexibility index (Phi) is 4.95. The quantitative estimate of drug-likeness (QED) is 0.763. The highest BCUT2D eigenvalue weighted by molar-refractivity contribution is 6.04. The summed E-state index contributed by atoms with van der Waals surface area (Å²) in [6.07, 6.45) is 3.29. The number of carbonyl (C=O) groups excluding carboxylic acids is 1. The number of aromatic nitrogens is 1. The number of rotatable bonds is 5. The van der Waals surface area contributed by atoms with Gasteiger partial charge in [-0.1, -0.05) is 18.2 Å². The lowest BCUT2D eigenvalue weighted by Crippen LogP contribution is -2.14. The highest BCUT2D eigenvalue weighted by Crippen LogP contribution is 2.23. The van der Waals surface area contributed by atoms with Crippen molar-refractivity contribution in [1.82, 2.24) is 4.98 Å². The van der Waals surface area contributed by atoms with Gasteiger partial charge in [0.2, 0.25) is 0 Å². The molecule has 0 radical (unpaired) electrons. The first kappa shape index (κ1) is 16.5.